The van der Waals surface area contributed by atoms with E-state index in [-0.39, 0.29) is 18.2 Å². The predicted octanol–water partition coefficient (Wildman–Crippen LogP) is 4.27. The molecule has 3 aromatic rings. The molecule has 2 aromatic carbocycles. The van der Waals surface area contributed by atoms with E-state index in [2.05, 4.69) is 30.3 Å². The lowest BCUT2D eigenvalue weighted by Gasteiger charge is -2.00. The molecule has 0 aliphatic carbocycles. The number of thiophene rings is 1. The highest BCUT2D eigenvalue weighted by Crippen LogP contribution is 2.29. The zero-order valence-corrected chi connectivity index (χ0v) is 11.7. The number of hydrogen-bond donors (Lipinski definition) is 2. The van der Waals surface area contributed by atoms with Gasteiger partial charge in [-0.3, -0.25) is 5.41 Å². The van der Waals surface area contributed by atoms with Crippen LogP contribution < -0.4 is 5.73 Å². The summed E-state index contributed by atoms with van der Waals surface area (Å²) in [6, 6.07) is 18.6. The maximum atomic E-state index is 7.47. The van der Waals surface area contributed by atoms with E-state index in [1.165, 1.54) is 15.8 Å². The lowest BCUT2D eigenvalue weighted by atomic mass is 10.0. The second-order valence-electron chi connectivity index (χ2n) is 4.14. The van der Waals surface area contributed by atoms with Crippen LogP contribution in [-0.4, -0.2) is 5.84 Å². The highest BCUT2D eigenvalue weighted by atomic mass is 35.5. The fraction of sp³-hybridized carbons (Fsp3) is 0. The van der Waals surface area contributed by atoms with Gasteiger partial charge < -0.3 is 5.73 Å². The smallest absolute Gasteiger partial charge is 0.133 e. The average Bonchev–Trinajstić information content (AvgIpc) is 2.82. The van der Waals surface area contributed by atoms with Crippen LogP contribution in [0.3, 0.4) is 0 Å². The summed E-state index contributed by atoms with van der Waals surface area (Å²) < 4.78 is 1.17. The number of hydrogen-bond acceptors (Lipinski definition) is 2. The Morgan fingerprint density at radius 1 is 0.947 bits per heavy atom. The summed E-state index contributed by atoms with van der Waals surface area (Å²) in [7, 11) is 0. The first-order chi connectivity index (χ1) is 8.74. The van der Waals surface area contributed by atoms with E-state index >= 15 is 0 Å². The van der Waals surface area contributed by atoms with Crippen molar-refractivity contribution in [2.45, 2.75) is 0 Å². The number of nitrogens with two attached hydrogens (primary N) is 1. The Morgan fingerprint density at radius 2 is 1.68 bits per heavy atom. The zero-order valence-electron chi connectivity index (χ0n) is 10.1. The molecule has 0 amide bonds. The van der Waals surface area contributed by atoms with Crippen molar-refractivity contribution >= 4 is 39.7 Å². The molecule has 0 spiro atoms. The Labute approximate surface area is 121 Å². The van der Waals surface area contributed by atoms with E-state index in [9.17, 15) is 0 Å². The van der Waals surface area contributed by atoms with Crippen molar-refractivity contribution in [1.29, 1.82) is 5.41 Å². The topological polar surface area (TPSA) is 49.9 Å². The number of rotatable bonds is 2. The van der Waals surface area contributed by atoms with Crippen molar-refractivity contribution in [2.24, 2.45) is 5.73 Å². The standard InChI is InChI=1S/C15H12N2S.ClH/c16-15(17)14-9-12-8-11(6-7-13(12)18-14)10-4-2-1-3-5-10;/h1-9H,(H3,16,17);1H. The van der Waals surface area contributed by atoms with Gasteiger partial charge in [-0.2, -0.15) is 0 Å². The molecule has 19 heavy (non-hydrogen) atoms. The minimum absolute atomic E-state index is 0. The van der Waals surface area contributed by atoms with Crippen molar-refractivity contribution in [3.05, 3.63) is 59.5 Å². The Bertz CT molecular complexity index is 719. The number of benzene rings is 2. The van der Waals surface area contributed by atoms with Gasteiger partial charge in [0.2, 0.25) is 0 Å². The minimum Gasteiger partial charge on any atom is -0.383 e. The minimum atomic E-state index is 0. The predicted molar refractivity (Wildman–Crippen MR) is 85.5 cm³/mol. The van der Waals surface area contributed by atoms with Crippen molar-refractivity contribution < 1.29 is 0 Å². The van der Waals surface area contributed by atoms with Crippen LogP contribution in [0.1, 0.15) is 4.88 Å². The van der Waals surface area contributed by atoms with Crippen LogP contribution in [0.4, 0.5) is 0 Å². The molecule has 96 valence electrons. The monoisotopic (exact) mass is 288 g/mol. The summed E-state index contributed by atoms with van der Waals surface area (Å²) in [6.45, 7) is 0. The van der Waals surface area contributed by atoms with Crippen molar-refractivity contribution in [3.63, 3.8) is 0 Å². The number of fused-ring (bicyclic) bond motifs is 1. The summed E-state index contributed by atoms with van der Waals surface area (Å²) in [4.78, 5) is 0.829. The van der Waals surface area contributed by atoms with Crippen molar-refractivity contribution in [3.8, 4) is 11.1 Å². The first-order valence-corrected chi connectivity index (χ1v) is 6.49. The third-order valence-electron chi connectivity index (χ3n) is 2.89. The first kappa shape index (κ1) is 13.6. The zero-order chi connectivity index (χ0) is 12.5. The van der Waals surface area contributed by atoms with E-state index in [1.54, 1.807) is 11.3 Å². The molecule has 0 atom stereocenters. The van der Waals surface area contributed by atoms with Gasteiger partial charge in [-0.1, -0.05) is 36.4 Å². The molecule has 0 bridgehead atoms. The summed E-state index contributed by atoms with van der Waals surface area (Å²) in [5.74, 6) is 0.137. The number of halogens is 1. The van der Waals surface area contributed by atoms with E-state index in [0.717, 1.165) is 10.3 Å². The quantitative estimate of drug-likeness (QED) is 0.537. The molecule has 3 rings (SSSR count). The summed E-state index contributed by atoms with van der Waals surface area (Å²) >= 11 is 1.56. The Kier molecular flexibility index (Phi) is 3.88. The summed E-state index contributed by atoms with van der Waals surface area (Å²) in [5.41, 5.74) is 7.91. The fourth-order valence-corrected chi connectivity index (χ4v) is 2.89. The molecule has 1 heterocycles. The molecular formula is C15H13ClN2S. The first-order valence-electron chi connectivity index (χ1n) is 5.67. The summed E-state index contributed by atoms with van der Waals surface area (Å²) in [6.07, 6.45) is 0. The molecule has 3 N–H and O–H groups in total. The van der Waals surface area contributed by atoms with Crippen LogP contribution in [-0.2, 0) is 0 Å². The van der Waals surface area contributed by atoms with Crippen LogP contribution >= 0.6 is 23.7 Å². The molecule has 0 saturated carbocycles. The van der Waals surface area contributed by atoms with Gasteiger partial charge in [0.05, 0.1) is 4.88 Å². The molecule has 0 aliphatic heterocycles. The number of nitrogens with one attached hydrogen (secondary N) is 1. The molecule has 0 saturated heterocycles. The van der Waals surface area contributed by atoms with Gasteiger partial charge in [-0.25, -0.2) is 0 Å². The number of nitrogen functional groups attached to an aromatic ring is 1. The third kappa shape index (κ3) is 2.62. The van der Waals surface area contributed by atoms with E-state index < -0.39 is 0 Å². The van der Waals surface area contributed by atoms with Gasteiger partial charge in [0.15, 0.2) is 0 Å². The second kappa shape index (κ2) is 5.43. The Balaban J connectivity index is 0.00000133. The van der Waals surface area contributed by atoms with Crippen molar-refractivity contribution in [1.82, 2.24) is 0 Å². The SMILES string of the molecule is Cl.N=C(N)c1cc2cc(-c3ccccc3)ccc2s1. The van der Waals surface area contributed by atoms with Crippen LogP contribution in [0, 0.1) is 5.41 Å². The fourth-order valence-electron chi connectivity index (χ4n) is 1.99. The molecular weight excluding hydrogens is 276 g/mol. The van der Waals surface area contributed by atoms with E-state index in [4.69, 9.17) is 11.1 Å². The lowest BCUT2D eigenvalue weighted by Crippen LogP contribution is -2.08. The van der Waals surface area contributed by atoms with Gasteiger partial charge in [0.1, 0.15) is 5.84 Å². The van der Waals surface area contributed by atoms with Crippen LogP contribution in [0.15, 0.2) is 54.6 Å². The molecule has 1 aromatic heterocycles. The number of amidine groups is 1. The second-order valence-corrected chi connectivity index (χ2v) is 5.23. The highest BCUT2D eigenvalue weighted by Gasteiger charge is 2.05. The van der Waals surface area contributed by atoms with E-state index in [1.807, 2.05) is 24.3 Å². The van der Waals surface area contributed by atoms with Crippen LogP contribution in [0.25, 0.3) is 21.2 Å². The molecule has 0 fully saturated rings. The Morgan fingerprint density at radius 3 is 2.37 bits per heavy atom. The maximum Gasteiger partial charge on any atom is 0.133 e. The van der Waals surface area contributed by atoms with Crippen molar-refractivity contribution in [2.75, 3.05) is 0 Å². The van der Waals surface area contributed by atoms with E-state index in [0.29, 0.717) is 0 Å². The molecule has 4 heteroatoms. The lowest BCUT2D eigenvalue weighted by molar-refractivity contribution is 1.46. The highest BCUT2D eigenvalue weighted by molar-refractivity contribution is 7.20. The largest absolute Gasteiger partial charge is 0.383 e. The average molecular weight is 289 g/mol. The molecule has 0 aliphatic rings. The molecule has 2 nitrogen and oxygen atoms in total. The third-order valence-corrected chi connectivity index (χ3v) is 4.04. The van der Waals surface area contributed by atoms with Gasteiger partial charge in [-0.15, -0.1) is 23.7 Å². The summed E-state index contributed by atoms with van der Waals surface area (Å²) in [5, 5.41) is 8.62. The van der Waals surface area contributed by atoms with Crippen LogP contribution in [0.5, 0.6) is 0 Å². The van der Waals surface area contributed by atoms with Gasteiger partial charge in [0.25, 0.3) is 0 Å². The molecule has 0 unspecified atom stereocenters. The van der Waals surface area contributed by atoms with Gasteiger partial charge in [-0.05, 0) is 34.7 Å². The van der Waals surface area contributed by atoms with Gasteiger partial charge in [0, 0.05) is 4.70 Å². The van der Waals surface area contributed by atoms with Crippen LogP contribution in [0.2, 0.25) is 0 Å². The Hall–Kier alpha value is -1.84. The molecule has 0 radical (unpaired) electrons. The van der Waals surface area contributed by atoms with Gasteiger partial charge >= 0.3 is 0 Å². The maximum absolute atomic E-state index is 7.47. The normalized spacial score (nSPS) is 10.1.